The van der Waals surface area contributed by atoms with E-state index < -0.39 is 17.7 Å². The normalized spacial score (nSPS) is 16.7. The standard InChI is InChI=1S/C30H31NO7/c1-18(2)17-38-23-12-5-19(6-13-23)16-31-27(20-7-10-22(32)11-8-20)26(29(34)30(31)35)28(33)21-9-14-24(36-3)25(15-21)37-4/h5-15,18,27,32-33H,16-17H2,1-4H3/b28-26-. The maximum atomic E-state index is 13.3. The largest absolute Gasteiger partial charge is 0.508 e. The van der Waals surface area contributed by atoms with Crippen molar-refractivity contribution in [2.45, 2.75) is 26.4 Å². The van der Waals surface area contributed by atoms with Gasteiger partial charge in [0.25, 0.3) is 11.7 Å². The second-order valence-corrected chi connectivity index (χ2v) is 9.44. The lowest BCUT2D eigenvalue weighted by atomic mass is 9.95. The van der Waals surface area contributed by atoms with Crippen LogP contribution in [0.3, 0.4) is 0 Å². The Hall–Kier alpha value is -4.46. The van der Waals surface area contributed by atoms with Gasteiger partial charge in [-0.2, -0.15) is 0 Å². The second-order valence-electron chi connectivity index (χ2n) is 9.44. The lowest BCUT2D eigenvalue weighted by Gasteiger charge is -2.25. The van der Waals surface area contributed by atoms with Gasteiger partial charge in [0.2, 0.25) is 0 Å². The Balaban J connectivity index is 1.75. The number of rotatable bonds is 9. The molecule has 1 saturated heterocycles. The minimum atomic E-state index is -0.874. The average molecular weight is 518 g/mol. The van der Waals surface area contributed by atoms with Crippen LogP contribution in [0.25, 0.3) is 5.76 Å². The number of phenols is 1. The maximum Gasteiger partial charge on any atom is 0.295 e. The van der Waals surface area contributed by atoms with Gasteiger partial charge in [-0.25, -0.2) is 0 Å². The third-order valence-electron chi connectivity index (χ3n) is 6.27. The molecule has 3 aromatic carbocycles. The van der Waals surface area contributed by atoms with Crippen LogP contribution in [-0.4, -0.2) is 47.6 Å². The fraction of sp³-hybridized carbons (Fsp3) is 0.267. The van der Waals surface area contributed by atoms with Crippen LogP contribution >= 0.6 is 0 Å². The third kappa shape index (κ3) is 5.44. The first-order valence-corrected chi connectivity index (χ1v) is 12.2. The van der Waals surface area contributed by atoms with E-state index in [4.69, 9.17) is 14.2 Å². The number of aliphatic hydroxyl groups is 1. The lowest BCUT2D eigenvalue weighted by Crippen LogP contribution is -2.29. The van der Waals surface area contributed by atoms with E-state index in [0.717, 1.165) is 5.56 Å². The van der Waals surface area contributed by atoms with E-state index in [1.807, 2.05) is 24.3 Å². The molecule has 4 rings (SSSR count). The van der Waals surface area contributed by atoms with Gasteiger partial charge in [0.05, 0.1) is 32.4 Å². The number of ketones is 1. The Bertz CT molecular complexity index is 1340. The molecule has 38 heavy (non-hydrogen) atoms. The van der Waals surface area contributed by atoms with E-state index in [9.17, 15) is 19.8 Å². The molecule has 0 radical (unpaired) electrons. The van der Waals surface area contributed by atoms with Crippen LogP contribution in [0, 0.1) is 5.92 Å². The van der Waals surface area contributed by atoms with Gasteiger partial charge in [0, 0.05) is 12.1 Å². The molecule has 0 saturated carbocycles. The summed E-state index contributed by atoms with van der Waals surface area (Å²) < 4.78 is 16.4. The third-order valence-corrected chi connectivity index (χ3v) is 6.27. The number of methoxy groups -OCH3 is 2. The number of aliphatic hydroxyl groups excluding tert-OH is 1. The van der Waals surface area contributed by atoms with Crippen molar-refractivity contribution in [3.63, 3.8) is 0 Å². The molecule has 1 aliphatic heterocycles. The number of hydrogen-bond donors (Lipinski definition) is 2. The SMILES string of the molecule is COc1ccc(/C(O)=C2/C(=O)C(=O)N(Cc3ccc(OCC(C)C)cc3)C2c2ccc(O)cc2)cc1OC. The molecule has 3 aromatic rings. The van der Waals surface area contributed by atoms with Crippen molar-refractivity contribution in [1.29, 1.82) is 0 Å². The van der Waals surface area contributed by atoms with E-state index in [0.29, 0.717) is 40.9 Å². The molecule has 0 aliphatic carbocycles. The number of Topliss-reactive ketones (excluding diaryl/α,β-unsaturated/α-hetero) is 1. The van der Waals surface area contributed by atoms with Gasteiger partial charge < -0.3 is 29.3 Å². The second kappa shape index (κ2) is 11.3. The number of phenolic OH excluding ortho intramolecular Hbond substituents is 1. The summed E-state index contributed by atoms with van der Waals surface area (Å²) in [5.41, 5.74) is 1.61. The number of hydrogen-bond acceptors (Lipinski definition) is 7. The van der Waals surface area contributed by atoms with Crippen LogP contribution in [0.4, 0.5) is 0 Å². The van der Waals surface area contributed by atoms with Gasteiger partial charge >= 0.3 is 0 Å². The monoisotopic (exact) mass is 517 g/mol. The van der Waals surface area contributed by atoms with Gasteiger partial charge in [-0.05, 0) is 59.5 Å². The van der Waals surface area contributed by atoms with Crippen LogP contribution < -0.4 is 14.2 Å². The number of benzene rings is 3. The lowest BCUT2D eigenvalue weighted by molar-refractivity contribution is -0.140. The molecule has 0 aromatic heterocycles. The smallest absolute Gasteiger partial charge is 0.295 e. The molecule has 2 N–H and O–H groups in total. The van der Waals surface area contributed by atoms with Crippen LogP contribution in [0.5, 0.6) is 23.0 Å². The number of carbonyl (C=O) groups excluding carboxylic acids is 2. The predicted octanol–water partition coefficient (Wildman–Crippen LogP) is 5.07. The van der Waals surface area contributed by atoms with Gasteiger partial charge in [0.1, 0.15) is 17.3 Å². The van der Waals surface area contributed by atoms with Crippen molar-refractivity contribution in [3.05, 3.63) is 89.0 Å². The van der Waals surface area contributed by atoms with Crippen LogP contribution in [0.1, 0.15) is 36.6 Å². The molecule has 1 amide bonds. The number of carbonyl (C=O) groups is 2. The van der Waals surface area contributed by atoms with Crippen molar-refractivity contribution < 1.29 is 34.0 Å². The number of ether oxygens (including phenoxy) is 3. The molecule has 1 fully saturated rings. The number of nitrogens with zero attached hydrogens (tertiary/aromatic N) is 1. The minimum Gasteiger partial charge on any atom is -0.508 e. The number of likely N-dealkylation sites (tertiary alicyclic amines) is 1. The molecule has 1 aliphatic rings. The fourth-order valence-electron chi connectivity index (χ4n) is 4.34. The van der Waals surface area contributed by atoms with Gasteiger partial charge in [-0.15, -0.1) is 0 Å². The zero-order chi connectivity index (χ0) is 27.4. The molecule has 8 heteroatoms. The molecular formula is C30H31NO7. The van der Waals surface area contributed by atoms with Crippen molar-refractivity contribution in [2.24, 2.45) is 5.92 Å². The number of aromatic hydroxyl groups is 1. The summed E-state index contributed by atoms with van der Waals surface area (Å²) in [5.74, 6) is 0.111. The summed E-state index contributed by atoms with van der Waals surface area (Å²) in [5, 5.41) is 21.1. The first kappa shape index (κ1) is 26.6. The summed E-state index contributed by atoms with van der Waals surface area (Å²) in [6.45, 7) is 4.85. The zero-order valence-corrected chi connectivity index (χ0v) is 21.8. The highest BCUT2D eigenvalue weighted by Crippen LogP contribution is 2.41. The van der Waals surface area contributed by atoms with E-state index in [2.05, 4.69) is 13.8 Å². The van der Waals surface area contributed by atoms with Gasteiger partial charge in [-0.1, -0.05) is 38.1 Å². The molecule has 1 unspecified atom stereocenters. The first-order chi connectivity index (χ1) is 18.2. The number of amides is 1. The minimum absolute atomic E-state index is 0.0441. The van der Waals surface area contributed by atoms with Crippen molar-refractivity contribution in [1.82, 2.24) is 4.90 Å². The summed E-state index contributed by atoms with van der Waals surface area (Å²) in [6.07, 6.45) is 0. The molecule has 1 heterocycles. The molecular weight excluding hydrogens is 486 g/mol. The maximum absolute atomic E-state index is 13.3. The summed E-state index contributed by atoms with van der Waals surface area (Å²) >= 11 is 0. The summed E-state index contributed by atoms with van der Waals surface area (Å²) in [4.78, 5) is 28.0. The van der Waals surface area contributed by atoms with Crippen LogP contribution in [0.15, 0.2) is 72.3 Å². The molecule has 0 spiro atoms. The molecule has 1 atom stereocenters. The van der Waals surface area contributed by atoms with Crippen LogP contribution in [-0.2, 0) is 16.1 Å². The highest BCUT2D eigenvalue weighted by atomic mass is 16.5. The van der Waals surface area contributed by atoms with E-state index in [1.165, 1.54) is 31.3 Å². The topological polar surface area (TPSA) is 106 Å². The van der Waals surface area contributed by atoms with Crippen molar-refractivity contribution in [2.75, 3.05) is 20.8 Å². The Morgan fingerprint density at radius 3 is 2.18 bits per heavy atom. The molecule has 8 nitrogen and oxygen atoms in total. The highest BCUT2D eigenvalue weighted by molar-refractivity contribution is 6.46. The Morgan fingerprint density at radius 2 is 1.58 bits per heavy atom. The van der Waals surface area contributed by atoms with Crippen molar-refractivity contribution in [3.8, 4) is 23.0 Å². The predicted molar refractivity (Wildman–Crippen MR) is 142 cm³/mol. The first-order valence-electron chi connectivity index (χ1n) is 12.2. The van der Waals surface area contributed by atoms with E-state index in [1.54, 1.807) is 30.3 Å². The van der Waals surface area contributed by atoms with Gasteiger partial charge in [-0.3, -0.25) is 9.59 Å². The molecule has 198 valence electrons. The Kier molecular flexibility index (Phi) is 7.90. The summed E-state index contributed by atoms with van der Waals surface area (Å²) in [7, 11) is 2.97. The highest BCUT2D eigenvalue weighted by Gasteiger charge is 2.46. The zero-order valence-electron chi connectivity index (χ0n) is 21.8. The Morgan fingerprint density at radius 1 is 0.921 bits per heavy atom. The van der Waals surface area contributed by atoms with E-state index in [-0.39, 0.29) is 23.6 Å². The Labute approximate surface area is 221 Å². The summed E-state index contributed by atoms with van der Waals surface area (Å²) in [6, 6.07) is 17.4. The van der Waals surface area contributed by atoms with Gasteiger partial charge in [0.15, 0.2) is 11.5 Å². The quantitative estimate of drug-likeness (QED) is 0.232. The fourth-order valence-corrected chi connectivity index (χ4v) is 4.34. The molecule has 0 bridgehead atoms. The van der Waals surface area contributed by atoms with E-state index >= 15 is 0 Å². The van der Waals surface area contributed by atoms with Crippen LogP contribution in [0.2, 0.25) is 0 Å². The average Bonchev–Trinajstić information content (AvgIpc) is 3.17. The van der Waals surface area contributed by atoms with Crippen molar-refractivity contribution >= 4 is 17.4 Å².